The fraction of sp³-hybridized carbons (Fsp3) is 0.182. The molecule has 0 aliphatic heterocycles. The highest BCUT2D eigenvalue weighted by atomic mass is 19.4. The summed E-state index contributed by atoms with van der Waals surface area (Å²) in [6.07, 6.45) is 0.543. The van der Waals surface area contributed by atoms with Gasteiger partial charge in [0.1, 0.15) is 6.07 Å². The van der Waals surface area contributed by atoms with Crippen LogP contribution in [0.2, 0.25) is 0 Å². The molecule has 82 valence electrons. The minimum absolute atomic E-state index is 0.0786. The van der Waals surface area contributed by atoms with Crippen LogP contribution >= 0.6 is 0 Å². The summed E-state index contributed by atoms with van der Waals surface area (Å²) in [5, 5.41) is 11.4. The van der Waals surface area contributed by atoms with Crippen molar-refractivity contribution in [3.05, 3.63) is 29.3 Å². The fourth-order valence-electron chi connectivity index (χ4n) is 1.11. The van der Waals surface area contributed by atoms with Crippen LogP contribution in [0.1, 0.15) is 11.1 Å². The highest BCUT2D eigenvalue weighted by Crippen LogP contribution is 2.31. The fourth-order valence-corrected chi connectivity index (χ4v) is 1.11. The molecule has 0 radical (unpaired) electrons. The van der Waals surface area contributed by atoms with Gasteiger partial charge in [-0.25, -0.2) is 0 Å². The van der Waals surface area contributed by atoms with Crippen LogP contribution in [0.3, 0.4) is 0 Å². The second-order valence-electron chi connectivity index (χ2n) is 2.93. The molecule has 5 heteroatoms. The number of anilines is 1. The van der Waals surface area contributed by atoms with Gasteiger partial charge in [-0.15, -0.1) is 6.42 Å². The molecule has 0 aliphatic carbocycles. The molecule has 0 heterocycles. The highest BCUT2D eigenvalue weighted by molar-refractivity contribution is 5.59. The summed E-state index contributed by atoms with van der Waals surface area (Å²) in [5.41, 5.74) is -0.631. The monoisotopic (exact) mass is 224 g/mol. The Bertz CT molecular complexity index is 464. The van der Waals surface area contributed by atoms with Crippen LogP contribution in [0.25, 0.3) is 0 Å². The lowest BCUT2D eigenvalue weighted by molar-refractivity contribution is -0.137. The molecule has 0 aromatic heterocycles. The number of terminal acetylenes is 1. The summed E-state index contributed by atoms with van der Waals surface area (Å²) in [4.78, 5) is 0. The Labute approximate surface area is 90.7 Å². The lowest BCUT2D eigenvalue weighted by Crippen LogP contribution is -2.07. The largest absolute Gasteiger partial charge is 0.416 e. The standard InChI is InChI=1S/C11H7F3N2/c1-2-5-16-10-4-3-9(11(12,13)14)6-8(10)7-15/h1,3-4,6,16H,5H2. The van der Waals surface area contributed by atoms with Crippen LogP contribution in [-0.2, 0) is 6.18 Å². The zero-order chi connectivity index (χ0) is 12.2. The van der Waals surface area contributed by atoms with E-state index in [1.165, 1.54) is 6.07 Å². The Hall–Kier alpha value is -2.14. The van der Waals surface area contributed by atoms with E-state index in [-0.39, 0.29) is 12.1 Å². The zero-order valence-corrected chi connectivity index (χ0v) is 8.10. The third-order valence-electron chi connectivity index (χ3n) is 1.85. The molecule has 1 N–H and O–H groups in total. The van der Waals surface area contributed by atoms with Crippen molar-refractivity contribution in [2.24, 2.45) is 0 Å². The van der Waals surface area contributed by atoms with Crippen molar-refractivity contribution < 1.29 is 13.2 Å². The van der Waals surface area contributed by atoms with Gasteiger partial charge in [0, 0.05) is 0 Å². The molecule has 0 unspecified atom stereocenters. The second-order valence-corrected chi connectivity index (χ2v) is 2.93. The van der Waals surface area contributed by atoms with Crippen LogP contribution in [0.4, 0.5) is 18.9 Å². The van der Waals surface area contributed by atoms with Gasteiger partial charge in [0.15, 0.2) is 0 Å². The molecule has 1 rings (SSSR count). The molecule has 0 amide bonds. The van der Waals surface area contributed by atoms with E-state index in [1.54, 1.807) is 6.07 Å². The highest BCUT2D eigenvalue weighted by Gasteiger charge is 2.30. The van der Waals surface area contributed by atoms with Gasteiger partial charge in [0.05, 0.1) is 23.4 Å². The minimum Gasteiger partial charge on any atom is -0.373 e. The van der Waals surface area contributed by atoms with Crippen LogP contribution in [0.15, 0.2) is 18.2 Å². The molecule has 0 atom stereocenters. The zero-order valence-electron chi connectivity index (χ0n) is 8.10. The van der Waals surface area contributed by atoms with E-state index in [9.17, 15) is 13.2 Å². The maximum atomic E-state index is 12.3. The first-order valence-corrected chi connectivity index (χ1v) is 4.27. The van der Waals surface area contributed by atoms with Crippen molar-refractivity contribution in [2.75, 3.05) is 11.9 Å². The number of nitrogens with zero attached hydrogens (tertiary/aromatic N) is 1. The molecule has 0 aliphatic rings. The summed E-state index contributed by atoms with van der Waals surface area (Å²) in [7, 11) is 0. The summed E-state index contributed by atoms with van der Waals surface area (Å²) < 4.78 is 37.0. The number of alkyl halides is 3. The molecule has 0 spiro atoms. The maximum absolute atomic E-state index is 12.3. The normalized spacial score (nSPS) is 10.3. The Kier molecular flexibility index (Phi) is 3.42. The minimum atomic E-state index is -4.45. The van der Waals surface area contributed by atoms with E-state index in [0.717, 1.165) is 12.1 Å². The number of nitrogens with one attached hydrogen (secondary N) is 1. The molecule has 0 fully saturated rings. The lowest BCUT2D eigenvalue weighted by atomic mass is 10.1. The van der Waals surface area contributed by atoms with Crippen molar-refractivity contribution >= 4 is 5.69 Å². The molecule has 16 heavy (non-hydrogen) atoms. The van der Waals surface area contributed by atoms with Crippen LogP contribution < -0.4 is 5.32 Å². The van der Waals surface area contributed by atoms with Crippen molar-refractivity contribution in [2.45, 2.75) is 6.18 Å². The van der Waals surface area contributed by atoms with Gasteiger partial charge >= 0.3 is 6.18 Å². The lowest BCUT2D eigenvalue weighted by Gasteiger charge is -2.10. The Morgan fingerprint density at radius 3 is 2.56 bits per heavy atom. The molecular weight excluding hydrogens is 217 g/mol. The van der Waals surface area contributed by atoms with E-state index in [2.05, 4.69) is 11.2 Å². The molecule has 2 nitrogen and oxygen atoms in total. The number of rotatable bonds is 2. The molecule has 0 bridgehead atoms. The average molecular weight is 224 g/mol. The van der Waals surface area contributed by atoms with E-state index >= 15 is 0 Å². The second kappa shape index (κ2) is 4.59. The van der Waals surface area contributed by atoms with Gasteiger partial charge in [-0.1, -0.05) is 5.92 Å². The van der Waals surface area contributed by atoms with E-state index in [1.807, 2.05) is 0 Å². The average Bonchev–Trinajstić information content (AvgIpc) is 2.24. The van der Waals surface area contributed by atoms with Gasteiger partial charge in [-0.3, -0.25) is 0 Å². The van der Waals surface area contributed by atoms with Crippen molar-refractivity contribution in [1.82, 2.24) is 0 Å². The molecule has 1 aromatic carbocycles. The molecule has 0 saturated heterocycles. The first kappa shape index (κ1) is 11.9. The van der Waals surface area contributed by atoms with Crippen molar-refractivity contribution in [1.29, 1.82) is 5.26 Å². The Morgan fingerprint density at radius 2 is 2.06 bits per heavy atom. The maximum Gasteiger partial charge on any atom is 0.416 e. The molecule has 0 saturated carbocycles. The topological polar surface area (TPSA) is 35.8 Å². The predicted molar refractivity (Wildman–Crippen MR) is 53.5 cm³/mol. The molecule has 1 aromatic rings. The number of halogens is 3. The number of hydrogen-bond acceptors (Lipinski definition) is 2. The van der Waals surface area contributed by atoms with E-state index in [4.69, 9.17) is 11.7 Å². The third-order valence-corrected chi connectivity index (χ3v) is 1.85. The van der Waals surface area contributed by atoms with Gasteiger partial charge in [-0.05, 0) is 18.2 Å². The van der Waals surface area contributed by atoms with Gasteiger partial charge in [0.25, 0.3) is 0 Å². The third kappa shape index (κ3) is 2.68. The van der Waals surface area contributed by atoms with Crippen LogP contribution in [0, 0.1) is 23.7 Å². The SMILES string of the molecule is C#CCNc1ccc(C(F)(F)F)cc1C#N. The Balaban J connectivity index is 3.09. The number of nitriles is 1. The van der Waals surface area contributed by atoms with E-state index < -0.39 is 11.7 Å². The number of benzene rings is 1. The van der Waals surface area contributed by atoms with Crippen molar-refractivity contribution in [3.63, 3.8) is 0 Å². The van der Waals surface area contributed by atoms with Crippen molar-refractivity contribution in [3.8, 4) is 18.4 Å². The summed E-state index contributed by atoms with van der Waals surface area (Å²) >= 11 is 0. The smallest absolute Gasteiger partial charge is 0.373 e. The van der Waals surface area contributed by atoms with E-state index in [0.29, 0.717) is 5.69 Å². The summed E-state index contributed by atoms with van der Waals surface area (Å²) in [6.45, 7) is 0.153. The van der Waals surface area contributed by atoms with Crippen LogP contribution in [0.5, 0.6) is 0 Å². The summed E-state index contributed by atoms with van der Waals surface area (Å²) in [5.74, 6) is 2.27. The van der Waals surface area contributed by atoms with Crippen LogP contribution in [-0.4, -0.2) is 6.54 Å². The predicted octanol–water partition coefficient (Wildman–Crippen LogP) is 2.62. The Morgan fingerprint density at radius 1 is 1.38 bits per heavy atom. The quantitative estimate of drug-likeness (QED) is 0.784. The first-order chi connectivity index (χ1) is 7.49. The number of hydrogen-bond donors (Lipinski definition) is 1. The molecular formula is C11H7F3N2. The first-order valence-electron chi connectivity index (χ1n) is 4.27. The van der Waals surface area contributed by atoms with Gasteiger partial charge in [0.2, 0.25) is 0 Å². The van der Waals surface area contributed by atoms with Gasteiger partial charge in [-0.2, -0.15) is 18.4 Å². The summed E-state index contributed by atoms with van der Waals surface area (Å²) in [6, 6.07) is 4.57. The van der Waals surface area contributed by atoms with Gasteiger partial charge < -0.3 is 5.32 Å².